The molecule has 1 atom stereocenters. The fourth-order valence-electron chi connectivity index (χ4n) is 4.20. The fourth-order valence-corrected chi connectivity index (χ4v) is 4.20. The normalized spacial score (nSPS) is 21.0. The van der Waals surface area contributed by atoms with Crippen LogP contribution >= 0.6 is 0 Å². The number of benzene rings is 1. The standard InChI is InChI=1S/C23H30N4O/c1-17-10-13-26(14-11-17)21-15-20(23(28)27-12-6-7-18(2)16-27)24-22(25-21)19-8-4-3-5-9-19/h3-5,8-9,15,17-18H,6-7,10-14,16H2,1-2H3. The van der Waals surface area contributed by atoms with Crippen molar-refractivity contribution in [3.05, 3.63) is 42.1 Å². The van der Waals surface area contributed by atoms with Crippen molar-refractivity contribution < 1.29 is 4.79 Å². The van der Waals surface area contributed by atoms with E-state index < -0.39 is 0 Å². The first-order chi connectivity index (χ1) is 13.6. The molecular formula is C23H30N4O. The lowest BCUT2D eigenvalue weighted by atomic mass is 9.99. The number of anilines is 1. The van der Waals surface area contributed by atoms with Crippen molar-refractivity contribution in [3.63, 3.8) is 0 Å². The van der Waals surface area contributed by atoms with Crippen LogP contribution in [0.15, 0.2) is 36.4 Å². The maximum absolute atomic E-state index is 13.2. The molecule has 1 aromatic heterocycles. The Morgan fingerprint density at radius 3 is 2.43 bits per heavy atom. The van der Waals surface area contributed by atoms with Gasteiger partial charge in [-0.3, -0.25) is 4.79 Å². The van der Waals surface area contributed by atoms with Gasteiger partial charge in [-0.1, -0.05) is 44.2 Å². The third kappa shape index (κ3) is 4.18. The quantitative estimate of drug-likeness (QED) is 0.801. The molecule has 148 valence electrons. The van der Waals surface area contributed by atoms with Crippen LogP contribution in [0.2, 0.25) is 0 Å². The van der Waals surface area contributed by atoms with Gasteiger partial charge in [0.1, 0.15) is 11.5 Å². The van der Waals surface area contributed by atoms with Gasteiger partial charge in [-0.05, 0) is 37.5 Å². The number of hydrogen-bond donors (Lipinski definition) is 0. The van der Waals surface area contributed by atoms with Gasteiger partial charge in [0.15, 0.2) is 5.82 Å². The summed E-state index contributed by atoms with van der Waals surface area (Å²) >= 11 is 0. The maximum Gasteiger partial charge on any atom is 0.272 e. The number of carbonyl (C=O) groups excluding carboxylic acids is 1. The van der Waals surface area contributed by atoms with Crippen LogP contribution < -0.4 is 4.90 Å². The van der Waals surface area contributed by atoms with Crippen LogP contribution in [0.3, 0.4) is 0 Å². The lowest BCUT2D eigenvalue weighted by molar-refractivity contribution is 0.0677. The largest absolute Gasteiger partial charge is 0.356 e. The molecule has 0 radical (unpaired) electrons. The molecule has 0 N–H and O–H groups in total. The molecule has 2 aromatic rings. The van der Waals surface area contributed by atoms with E-state index in [4.69, 9.17) is 4.98 Å². The third-order valence-electron chi connectivity index (χ3n) is 6.02. The van der Waals surface area contributed by atoms with Crippen molar-refractivity contribution in [1.82, 2.24) is 14.9 Å². The van der Waals surface area contributed by atoms with Gasteiger partial charge in [-0.2, -0.15) is 0 Å². The molecule has 1 amide bonds. The summed E-state index contributed by atoms with van der Waals surface area (Å²) in [5, 5.41) is 0. The molecule has 4 rings (SSSR count). The average molecular weight is 379 g/mol. The van der Waals surface area contributed by atoms with Gasteiger partial charge >= 0.3 is 0 Å². The molecule has 2 aliphatic rings. The molecule has 5 nitrogen and oxygen atoms in total. The first-order valence-corrected chi connectivity index (χ1v) is 10.6. The van der Waals surface area contributed by atoms with E-state index in [2.05, 4.69) is 23.7 Å². The predicted octanol–water partition coefficient (Wildman–Crippen LogP) is 4.25. The van der Waals surface area contributed by atoms with E-state index in [1.165, 1.54) is 6.42 Å². The molecule has 2 aliphatic heterocycles. The fraction of sp³-hybridized carbons (Fsp3) is 0.522. The Balaban J connectivity index is 1.68. The molecule has 0 aliphatic carbocycles. The Labute approximate surface area is 167 Å². The molecule has 0 spiro atoms. The van der Waals surface area contributed by atoms with Crippen LogP contribution in [0.1, 0.15) is 50.0 Å². The van der Waals surface area contributed by atoms with Crippen molar-refractivity contribution in [1.29, 1.82) is 0 Å². The molecular weight excluding hydrogens is 348 g/mol. The van der Waals surface area contributed by atoms with Gasteiger partial charge in [0.25, 0.3) is 5.91 Å². The van der Waals surface area contributed by atoms with Crippen LogP contribution in [0.5, 0.6) is 0 Å². The Morgan fingerprint density at radius 2 is 1.71 bits per heavy atom. The molecule has 2 fully saturated rings. The summed E-state index contributed by atoms with van der Waals surface area (Å²) in [4.78, 5) is 27.0. The second kappa shape index (κ2) is 8.29. The van der Waals surface area contributed by atoms with Crippen molar-refractivity contribution in [2.45, 2.75) is 39.5 Å². The Hall–Kier alpha value is -2.43. The Kier molecular flexibility index (Phi) is 5.60. The summed E-state index contributed by atoms with van der Waals surface area (Å²) in [6.07, 6.45) is 4.59. The second-order valence-corrected chi connectivity index (χ2v) is 8.47. The molecule has 28 heavy (non-hydrogen) atoms. The molecule has 0 saturated carbocycles. The zero-order valence-electron chi connectivity index (χ0n) is 17.0. The number of rotatable bonds is 3. The van der Waals surface area contributed by atoms with Crippen molar-refractivity contribution >= 4 is 11.7 Å². The van der Waals surface area contributed by atoms with Crippen LogP contribution in [0.4, 0.5) is 5.82 Å². The van der Waals surface area contributed by atoms with Gasteiger partial charge in [0.2, 0.25) is 0 Å². The second-order valence-electron chi connectivity index (χ2n) is 8.47. The minimum Gasteiger partial charge on any atom is -0.356 e. The highest BCUT2D eigenvalue weighted by Crippen LogP contribution is 2.26. The number of amides is 1. The smallest absolute Gasteiger partial charge is 0.272 e. The van der Waals surface area contributed by atoms with Crippen LogP contribution in [0.25, 0.3) is 11.4 Å². The summed E-state index contributed by atoms with van der Waals surface area (Å²) in [6.45, 7) is 8.14. The summed E-state index contributed by atoms with van der Waals surface area (Å²) in [6, 6.07) is 11.9. The van der Waals surface area contributed by atoms with Gasteiger partial charge in [0, 0.05) is 37.8 Å². The minimum atomic E-state index is 0.0396. The van der Waals surface area contributed by atoms with Gasteiger partial charge in [0.05, 0.1) is 0 Å². The molecule has 0 bridgehead atoms. The highest BCUT2D eigenvalue weighted by Gasteiger charge is 2.25. The topological polar surface area (TPSA) is 49.3 Å². The summed E-state index contributed by atoms with van der Waals surface area (Å²) in [5.41, 5.74) is 1.48. The van der Waals surface area contributed by atoms with E-state index >= 15 is 0 Å². The van der Waals surface area contributed by atoms with Gasteiger partial charge in [-0.25, -0.2) is 9.97 Å². The minimum absolute atomic E-state index is 0.0396. The highest BCUT2D eigenvalue weighted by atomic mass is 16.2. The van der Waals surface area contributed by atoms with E-state index in [0.29, 0.717) is 17.4 Å². The number of piperidine rings is 2. The average Bonchev–Trinajstić information content (AvgIpc) is 2.74. The first kappa shape index (κ1) is 18.9. The van der Waals surface area contributed by atoms with E-state index in [-0.39, 0.29) is 5.91 Å². The van der Waals surface area contributed by atoms with Crippen LogP contribution in [0, 0.1) is 11.8 Å². The van der Waals surface area contributed by atoms with E-state index in [0.717, 1.165) is 62.7 Å². The van der Waals surface area contributed by atoms with E-state index in [9.17, 15) is 4.79 Å². The lowest BCUT2D eigenvalue weighted by Crippen LogP contribution is -2.40. The predicted molar refractivity (Wildman–Crippen MR) is 112 cm³/mol. The van der Waals surface area contributed by atoms with Crippen LogP contribution in [-0.4, -0.2) is 47.0 Å². The number of nitrogens with zero attached hydrogens (tertiary/aromatic N) is 4. The number of likely N-dealkylation sites (tertiary alicyclic amines) is 1. The molecule has 3 heterocycles. The van der Waals surface area contributed by atoms with Crippen molar-refractivity contribution in [2.24, 2.45) is 11.8 Å². The molecule has 1 aromatic carbocycles. The van der Waals surface area contributed by atoms with E-state index in [1.807, 2.05) is 41.3 Å². The molecule has 1 unspecified atom stereocenters. The summed E-state index contributed by atoms with van der Waals surface area (Å²) < 4.78 is 0. The zero-order chi connectivity index (χ0) is 19.5. The Morgan fingerprint density at radius 1 is 0.964 bits per heavy atom. The Bertz CT molecular complexity index is 815. The number of aromatic nitrogens is 2. The van der Waals surface area contributed by atoms with Gasteiger partial charge in [-0.15, -0.1) is 0 Å². The monoisotopic (exact) mass is 378 g/mol. The van der Waals surface area contributed by atoms with Gasteiger partial charge < -0.3 is 9.80 Å². The zero-order valence-corrected chi connectivity index (χ0v) is 17.0. The highest BCUT2D eigenvalue weighted by molar-refractivity contribution is 5.93. The third-order valence-corrected chi connectivity index (χ3v) is 6.02. The first-order valence-electron chi connectivity index (χ1n) is 10.6. The molecule has 2 saturated heterocycles. The van der Waals surface area contributed by atoms with Crippen molar-refractivity contribution in [2.75, 3.05) is 31.1 Å². The number of hydrogen-bond acceptors (Lipinski definition) is 4. The SMILES string of the molecule is CC1CCN(c2cc(C(=O)N3CCCC(C)C3)nc(-c3ccccc3)n2)CC1. The lowest BCUT2D eigenvalue weighted by Gasteiger charge is -2.32. The molecule has 5 heteroatoms. The summed E-state index contributed by atoms with van der Waals surface area (Å²) in [5.74, 6) is 2.87. The van der Waals surface area contributed by atoms with E-state index in [1.54, 1.807) is 0 Å². The summed E-state index contributed by atoms with van der Waals surface area (Å²) in [7, 11) is 0. The number of carbonyl (C=O) groups is 1. The van der Waals surface area contributed by atoms with Crippen molar-refractivity contribution in [3.8, 4) is 11.4 Å². The maximum atomic E-state index is 13.2. The van der Waals surface area contributed by atoms with Crippen LogP contribution in [-0.2, 0) is 0 Å².